The van der Waals surface area contributed by atoms with Gasteiger partial charge in [0.25, 0.3) is 11.6 Å². The number of rotatable bonds is 4. The molecular weight excluding hydrogens is 364 g/mol. The van der Waals surface area contributed by atoms with E-state index in [2.05, 4.69) is 0 Å². The Balaban J connectivity index is 1.69. The topological polar surface area (TPSA) is 96.2 Å². The van der Waals surface area contributed by atoms with E-state index < -0.39 is 4.92 Å². The second kappa shape index (κ2) is 8.55. The molecule has 0 bridgehead atoms. The smallest absolute Gasteiger partial charge is 0.270 e. The lowest BCUT2D eigenvalue weighted by Crippen LogP contribution is -2.47. The minimum atomic E-state index is -0.497. The summed E-state index contributed by atoms with van der Waals surface area (Å²) in [4.78, 5) is 41.6. The van der Waals surface area contributed by atoms with E-state index in [0.29, 0.717) is 63.5 Å². The van der Waals surface area contributed by atoms with E-state index in [4.69, 9.17) is 4.74 Å². The maximum Gasteiger partial charge on any atom is 0.270 e. The first-order valence-electron chi connectivity index (χ1n) is 9.50. The number of non-ortho nitro benzene ring substituents is 1. The highest BCUT2D eigenvalue weighted by atomic mass is 16.6. The maximum absolute atomic E-state index is 13.0. The lowest BCUT2D eigenvalue weighted by molar-refractivity contribution is -0.384. The van der Waals surface area contributed by atoms with Crippen LogP contribution in [-0.2, 0) is 9.53 Å². The number of carbonyl (C=O) groups is 2. The Morgan fingerprint density at radius 2 is 1.75 bits per heavy atom. The van der Waals surface area contributed by atoms with Gasteiger partial charge in [0.1, 0.15) is 0 Å². The standard InChI is InChI=1S/C19H26N4O5/c1-20(2)17-4-3-15(23(26)27)13-16(17)19(25)21-7-5-14(6-8-21)18(24)22-9-11-28-12-10-22/h3-4,13-14H,5-12H2,1-2H3. The van der Waals surface area contributed by atoms with Crippen molar-refractivity contribution in [1.82, 2.24) is 9.80 Å². The number of ether oxygens (including phenoxy) is 1. The Hall–Kier alpha value is -2.68. The highest BCUT2D eigenvalue weighted by Gasteiger charge is 2.32. The molecule has 0 saturated carbocycles. The van der Waals surface area contributed by atoms with Crippen LogP contribution in [0.25, 0.3) is 0 Å². The van der Waals surface area contributed by atoms with Crippen molar-refractivity contribution < 1.29 is 19.2 Å². The van der Waals surface area contributed by atoms with Crippen molar-refractivity contribution in [2.24, 2.45) is 5.92 Å². The van der Waals surface area contributed by atoms with Crippen molar-refractivity contribution in [3.63, 3.8) is 0 Å². The van der Waals surface area contributed by atoms with Gasteiger partial charge in [-0.15, -0.1) is 0 Å². The number of nitrogens with zero attached hydrogens (tertiary/aromatic N) is 4. The van der Waals surface area contributed by atoms with Crippen LogP contribution in [0.5, 0.6) is 0 Å². The monoisotopic (exact) mass is 390 g/mol. The first-order valence-corrected chi connectivity index (χ1v) is 9.50. The SMILES string of the molecule is CN(C)c1ccc([N+](=O)[O-])cc1C(=O)N1CCC(C(=O)N2CCOCC2)CC1. The number of piperidine rings is 1. The third-order valence-electron chi connectivity index (χ3n) is 5.36. The van der Waals surface area contributed by atoms with Gasteiger partial charge in [-0.05, 0) is 18.9 Å². The predicted octanol–water partition coefficient (Wildman–Crippen LogP) is 1.37. The molecule has 0 aliphatic carbocycles. The number of nitro groups is 1. The van der Waals surface area contributed by atoms with Crippen LogP contribution in [0.2, 0.25) is 0 Å². The number of carbonyl (C=O) groups excluding carboxylic acids is 2. The average Bonchev–Trinajstić information content (AvgIpc) is 2.72. The molecule has 2 aliphatic heterocycles. The lowest BCUT2D eigenvalue weighted by Gasteiger charge is -2.35. The van der Waals surface area contributed by atoms with Gasteiger partial charge >= 0.3 is 0 Å². The van der Waals surface area contributed by atoms with E-state index in [1.807, 2.05) is 4.90 Å². The molecule has 0 N–H and O–H groups in total. The number of hydrogen-bond acceptors (Lipinski definition) is 6. The number of amides is 2. The van der Waals surface area contributed by atoms with E-state index in [0.717, 1.165) is 0 Å². The summed E-state index contributed by atoms with van der Waals surface area (Å²) < 4.78 is 5.29. The molecular formula is C19H26N4O5. The average molecular weight is 390 g/mol. The first kappa shape index (κ1) is 20.1. The Kier molecular flexibility index (Phi) is 6.13. The van der Waals surface area contributed by atoms with Crippen molar-refractivity contribution in [2.75, 3.05) is 58.4 Å². The molecule has 28 heavy (non-hydrogen) atoms. The zero-order chi connectivity index (χ0) is 20.3. The second-order valence-corrected chi connectivity index (χ2v) is 7.36. The van der Waals surface area contributed by atoms with E-state index in [9.17, 15) is 19.7 Å². The molecule has 0 unspecified atom stereocenters. The van der Waals surface area contributed by atoms with Gasteiger partial charge in [-0.3, -0.25) is 19.7 Å². The molecule has 9 nitrogen and oxygen atoms in total. The third kappa shape index (κ3) is 4.24. The summed E-state index contributed by atoms with van der Waals surface area (Å²) in [5.41, 5.74) is 0.852. The number of likely N-dealkylation sites (tertiary alicyclic amines) is 1. The molecule has 2 aliphatic rings. The minimum absolute atomic E-state index is 0.0828. The lowest BCUT2D eigenvalue weighted by atomic mass is 9.94. The van der Waals surface area contributed by atoms with E-state index >= 15 is 0 Å². The van der Waals surface area contributed by atoms with Crippen LogP contribution in [0, 0.1) is 16.0 Å². The number of anilines is 1. The number of benzene rings is 1. The van der Waals surface area contributed by atoms with Crippen molar-refractivity contribution >= 4 is 23.2 Å². The summed E-state index contributed by atoms with van der Waals surface area (Å²) in [6, 6.07) is 4.34. The summed E-state index contributed by atoms with van der Waals surface area (Å²) in [7, 11) is 3.59. The molecule has 152 valence electrons. The molecule has 2 saturated heterocycles. The van der Waals surface area contributed by atoms with Gasteiger partial charge in [-0.1, -0.05) is 0 Å². The minimum Gasteiger partial charge on any atom is -0.378 e. The van der Waals surface area contributed by atoms with Gasteiger partial charge < -0.3 is 19.4 Å². The number of nitro benzene ring substituents is 1. The van der Waals surface area contributed by atoms with Gasteiger partial charge in [-0.25, -0.2) is 0 Å². The van der Waals surface area contributed by atoms with E-state index in [-0.39, 0.29) is 23.4 Å². The van der Waals surface area contributed by atoms with Crippen LogP contribution in [-0.4, -0.2) is 80.0 Å². The molecule has 2 amide bonds. The van der Waals surface area contributed by atoms with Crippen LogP contribution in [0.4, 0.5) is 11.4 Å². The van der Waals surface area contributed by atoms with Crippen molar-refractivity contribution in [2.45, 2.75) is 12.8 Å². The highest BCUT2D eigenvalue weighted by molar-refractivity contribution is 6.00. The van der Waals surface area contributed by atoms with Crippen molar-refractivity contribution in [1.29, 1.82) is 0 Å². The Morgan fingerprint density at radius 3 is 2.32 bits per heavy atom. The second-order valence-electron chi connectivity index (χ2n) is 7.36. The fourth-order valence-electron chi connectivity index (χ4n) is 3.74. The first-order chi connectivity index (χ1) is 13.4. The summed E-state index contributed by atoms with van der Waals surface area (Å²) in [6.07, 6.45) is 1.21. The third-order valence-corrected chi connectivity index (χ3v) is 5.36. The fraction of sp³-hybridized carbons (Fsp3) is 0.579. The van der Waals surface area contributed by atoms with Crippen LogP contribution in [0.3, 0.4) is 0 Å². The van der Waals surface area contributed by atoms with Gasteiger partial charge in [0, 0.05) is 64.0 Å². The quantitative estimate of drug-likeness (QED) is 0.569. The largest absolute Gasteiger partial charge is 0.378 e. The maximum atomic E-state index is 13.0. The Morgan fingerprint density at radius 1 is 1.11 bits per heavy atom. The van der Waals surface area contributed by atoms with Crippen LogP contribution >= 0.6 is 0 Å². The van der Waals surface area contributed by atoms with Gasteiger partial charge in [0.15, 0.2) is 0 Å². The molecule has 0 spiro atoms. The zero-order valence-corrected chi connectivity index (χ0v) is 16.3. The summed E-state index contributed by atoms with van der Waals surface area (Å²) >= 11 is 0. The predicted molar refractivity (Wildman–Crippen MR) is 103 cm³/mol. The molecule has 0 atom stereocenters. The van der Waals surface area contributed by atoms with Crippen LogP contribution in [0.1, 0.15) is 23.2 Å². The molecule has 1 aromatic rings. The Labute approximate surface area is 164 Å². The molecule has 0 aromatic heterocycles. The van der Waals surface area contributed by atoms with Crippen molar-refractivity contribution in [3.8, 4) is 0 Å². The molecule has 9 heteroatoms. The molecule has 2 heterocycles. The number of morpholine rings is 1. The molecule has 0 radical (unpaired) electrons. The van der Waals surface area contributed by atoms with Gasteiger partial charge in [0.05, 0.1) is 23.7 Å². The summed E-state index contributed by atoms with van der Waals surface area (Å²) in [5, 5.41) is 11.1. The molecule has 2 fully saturated rings. The van der Waals surface area contributed by atoms with Crippen LogP contribution in [0.15, 0.2) is 18.2 Å². The van der Waals surface area contributed by atoms with Gasteiger partial charge in [-0.2, -0.15) is 0 Å². The van der Waals surface area contributed by atoms with Gasteiger partial charge in [0.2, 0.25) is 5.91 Å². The molecule has 3 rings (SSSR count). The Bertz CT molecular complexity index is 753. The van der Waals surface area contributed by atoms with E-state index in [1.165, 1.54) is 12.1 Å². The zero-order valence-electron chi connectivity index (χ0n) is 16.3. The fourth-order valence-corrected chi connectivity index (χ4v) is 3.74. The molecule has 1 aromatic carbocycles. The summed E-state index contributed by atoms with van der Waals surface area (Å²) in [6.45, 7) is 3.33. The van der Waals surface area contributed by atoms with E-state index in [1.54, 1.807) is 30.0 Å². The summed E-state index contributed by atoms with van der Waals surface area (Å²) in [5.74, 6) is -0.176. The normalized spacial score (nSPS) is 18.1. The number of hydrogen-bond donors (Lipinski definition) is 0. The van der Waals surface area contributed by atoms with Crippen LogP contribution < -0.4 is 4.90 Å². The van der Waals surface area contributed by atoms with Crippen molar-refractivity contribution in [3.05, 3.63) is 33.9 Å². The highest BCUT2D eigenvalue weighted by Crippen LogP contribution is 2.28.